The van der Waals surface area contributed by atoms with Crippen LogP contribution in [0.15, 0.2) is 15.7 Å². The second-order valence-electron chi connectivity index (χ2n) is 7.87. The molecule has 1 aliphatic heterocycles. The van der Waals surface area contributed by atoms with E-state index >= 15 is 4.39 Å². The molecule has 0 spiro atoms. The molecular weight excluding hydrogens is 361 g/mol. The van der Waals surface area contributed by atoms with Gasteiger partial charge in [-0.15, -0.1) is 0 Å². The molecule has 0 bridgehead atoms. The summed E-state index contributed by atoms with van der Waals surface area (Å²) in [7, 11) is 1.99. The lowest BCUT2D eigenvalue weighted by Crippen LogP contribution is -2.35. The molecule has 1 atom stereocenters. The lowest BCUT2D eigenvalue weighted by molar-refractivity contribution is 0.264. The molecule has 148 valence electrons. The van der Waals surface area contributed by atoms with Crippen LogP contribution in [0.1, 0.15) is 37.3 Å². The van der Waals surface area contributed by atoms with Crippen LogP contribution >= 0.6 is 0 Å². The molecular formula is C20H24FN5O2. The normalized spacial score (nSPS) is 19.5. The molecule has 0 amide bonds. The maximum atomic E-state index is 15.1. The average molecular weight is 385 g/mol. The molecule has 1 unspecified atom stereocenters. The monoisotopic (exact) mass is 385 g/mol. The van der Waals surface area contributed by atoms with Crippen molar-refractivity contribution in [2.75, 3.05) is 31.6 Å². The van der Waals surface area contributed by atoms with E-state index in [1.165, 1.54) is 6.07 Å². The van der Waals surface area contributed by atoms with Gasteiger partial charge in [-0.25, -0.2) is 9.18 Å². The van der Waals surface area contributed by atoms with Crippen molar-refractivity contribution in [3.8, 4) is 6.07 Å². The summed E-state index contributed by atoms with van der Waals surface area (Å²) in [5, 5.41) is 9.02. The SMILES string of the molecule is Cc1c(N2CCC(N(C)CCC#N)C2)c(F)cc2c(=O)[nH]c(=O)n(C3CC3)c12. The van der Waals surface area contributed by atoms with Crippen molar-refractivity contribution in [2.45, 2.75) is 44.7 Å². The molecule has 2 aromatic rings. The van der Waals surface area contributed by atoms with Gasteiger partial charge < -0.3 is 9.80 Å². The fourth-order valence-electron chi connectivity index (χ4n) is 4.35. The second kappa shape index (κ2) is 7.06. The molecule has 2 fully saturated rings. The Hall–Kier alpha value is -2.66. The topological polar surface area (TPSA) is 85.1 Å². The predicted molar refractivity (Wildman–Crippen MR) is 105 cm³/mol. The van der Waals surface area contributed by atoms with Crippen molar-refractivity contribution < 1.29 is 4.39 Å². The molecule has 28 heavy (non-hydrogen) atoms. The zero-order valence-electron chi connectivity index (χ0n) is 16.2. The van der Waals surface area contributed by atoms with Crippen LogP contribution in [0.25, 0.3) is 10.9 Å². The van der Waals surface area contributed by atoms with Gasteiger partial charge in [-0.05, 0) is 39.3 Å². The first-order valence-electron chi connectivity index (χ1n) is 9.72. The minimum absolute atomic E-state index is 0.0762. The van der Waals surface area contributed by atoms with E-state index < -0.39 is 17.1 Å². The van der Waals surface area contributed by atoms with E-state index in [9.17, 15) is 9.59 Å². The van der Waals surface area contributed by atoms with E-state index in [0.717, 1.165) is 19.3 Å². The van der Waals surface area contributed by atoms with Crippen molar-refractivity contribution >= 4 is 16.6 Å². The summed E-state index contributed by atoms with van der Waals surface area (Å²) in [6, 6.07) is 3.74. The number of H-pyrrole nitrogens is 1. The average Bonchev–Trinajstić information content (AvgIpc) is 3.37. The summed E-state index contributed by atoms with van der Waals surface area (Å²) < 4.78 is 16.7. The molecule has 4 rings (SSSR count). The van der Waals surface area contributed by atoms with Gasteiger partial charge >= 0.3 is 5.69 Å². The highest BCUT2D eigenvalue weighted by Crippen LogP contribution is 2.39. The van der Waals surface area contributed by atoms with Crippen LogP contribution in [0.3, 0.4) is 0 Å². The second-order valence-corrected chi connectivity index (χ2v) is 7.87. The molecule has 1 saturated heterocycles. The number of aromatic nitrogens is 2. The first-order valence-corrected chi connectivity index (χ1v) is 9.72. The highest BCUT2D eigenvalue weighted by atomic mass is 19.1. The fourth-order valence-corrected chi connectivity index (χ4v) is 4.35. The number of hydrogen-bond donors (Lipinski definition) is 1. The summed E-state index contributed by atoms with van der Waals surface area (Å²) in [6.07, 6.45) is 3.13. The summed E-state index contributed by atoms with van der Waals surface area (Å²) in [4.78, 5) is 31.2. The van der Waals surface area contributed by atoms with Gasteiger partial charge in [-0.2, -0.15) is 5.26 Å². The van der Waals surface area contributed by atoms with E-state index in [1.807, 2.05) is 11.9 Å². The molecule has 2 aliphatic rings. The zero-order valence-corrected chi connectivity index (χ0v) is 16.2. The molecule has 7 nitrogen and oxygen atoms in total. The first-order chi connectivity index (χ1) is 13.4. The predicted octanol–water partition coefficient (Wildman–Crippen LogP) is 1.90. The Morgan fingerprint density at radius 2 is 2.11 bits per heavy atom. The highest BCUT2D eigenvalue weighted by Gasteiger charge is 2.32. The molecule has 1 aliphatic carbocycles. The van der Waals surface area contributed by atoms with E-state index in [4.69, 9.17) is 5.26 Å². The maximum Gasteiger partial charge on any atom is 0.329 e. The van der Waals surface area contributed by atoms with Crippen LogP contribution < -0.4 is 16.1 Å². The number of benzene rings is 1. The van der Waals surface area contributed by atoms with Crippen molar-refractivity contribution in [1.82, 2.24) is 14.5 Å². The number of hydrogen-bond acceptors (Lipinski definition) is 5. The number of rotatable bonds is 5. The molecule has 1 N–H and O–H groups in total. The number of anilines is 1. The van der Waals surface area contributed by atoms with E-state index in [2.05, 4.69) is 16.0 Å². The third kappa shape index (κ3) is 3.10. The van der Waals surface area contributed by atoms with Gasteiger partial charge in [0.15, 0.2) is 0 Å². The first kappa shape index (κ1) is 18.7. The Morgan fingerprint density at radius 1 is 1.36 bits per heavy atom. The van der Waals surface area contributed by atoms with Gasteiger partial charge in [0.2, 0.25) is 0 Å². The molecule has 0 radical (unpaired) electrons. The number of likely N-dealkylation sites (N-methyl/N-ethyl adjacent to an activating group) is 1. The van der Waals surface area contributed by atoms with Crippen LogP contribution in [0.4, 0.5) is 10.1 Å². The Kier molecular flexibility index (Phi) is 4.71. The third-order valence-corrected chi connectivity index (χ3v) is 5.98. The Labute approximate surface area is 162 Å². The Morgan fingerprint density at radius 3 is 2.79 bits per heavy atom. The molecule has 1 aromatic heterocycles. The highest BCUT2D eigenvalue weighted by molar-refractivity contribution is 5.87. The molecule has 2 heterocycles. The van der Waals surface area contributed by atoms with Crippen LogP contribution in [0, 0.1) is 24.1 Å². The minimum atomic E-state index is -0.541. The van der Waals surface area contributed by atoms with Gasteiger partial charge in [0.1, 0.15) is 5.82 Å². The number of nitrogens with one attached hydrogen (secondary N) is 1. The Bertz CT molecular complexity index is 1080. The fraction of sp³-hybridized carbons (Fsp3) is 0.550. The third-order valence-electron chi connectivity index (χ3n) is 5.98. The van der Waals surface area contributed by atoms with Crippen molar-refractivity contribution in [2.24, 2.45) is 0 Å². The molecule has 1 aromatic carbocycles. The van der Waals surface area contributed by atoms with Crippen molar-refractivity contribution in [3.63, 3.8) is 0 Å². The summed E-state index contributed by atoms with van der Waals surface area (Å²) in [6.45, 7) is 3.83. The van der Waals surface area contributed by atoms with Crippen LogP contribution in [0.2, 0.25) is 0 Å². The number of fused-ring (bicyclic) bond motifs is 1. The maximum absolute atomic E-state index is 15.1. The number of halogens is 1. The van der Waals surface area contributed by atoms with Crippen molar-refractivity contribution in [1.29, 1.82) is 5.26 Å². The van der Waals surface area contributed by atoms with Crippen LogP contribution in [0.5, 0.6) is 0 Å². The Balaban J connectivity index is 1.77. The van der Waals surface area contributed by atoms with Gasteiger partial charge in [0.25, 0.3) is 5.56 Å². The largest absolute Gasteiger partial charge is 0.367 e. The number of aryl methyl sites for hydroxylation is 1. The molecule has 1 saturated carbocycles. The quantitative estimate of drug-likeness (QED) is 0.850. The number of nitriles is 1. The van der Waals surface area contributed by atoms with Gasteiger partial charge in [-0.1, -0.05) is 0 Å². The van der Waals surface area contributed by atoms with Gasteiger partial charge in [0.05, 0.1) is 22.7 Å². The lowest BCUT2D eigenvalue weighted by atomic mass is 10.1. The van der Waals surface area contributed by atoms with Gasteiger partial charge in [0, 0.05) is 43.7 Å². The standard InChI is InChI=1S/C20H24FN5O2/c1-12-17-15(19(27)23-20(28)26(17)13-4-5-13)10-16(21)18(12)25-9-6-14(11-25)24(2)8-3-7-22/h10,13-14H,3-6,8-9,11H2,1-2H3,(H,23,27,28). The smallest absolute Gasteiger partial charge is 0.329 e. The summed E-state index contributed by atoms with van der Waals surface area (Å²) in [5.74, 6) is -0.433. The summed E-state index contributed by atoms with van der Waals surface area (Å²) >= 11 is 0. The minimum Gasteiger partial charge on any atom is -0.367 e. The number of nitrogens with zero attached hydrogens (tertiary/aromatic N) is 4. The van der Waals surface area contributed by atoms with E-state index in [-0.39, 0.29) is 17.5 Å². The zero-order chi connectivity index (χ0) is 20.0. The van der Waals surface area contributed by atoms with Crippen LogP contribution in [-0.4, -0.2) is 47.2 Å². The van der Waals surface area contributed by atoms with E-state index in [0.29, 0.717) is 42.8 Å². The lowest BCUT2D eigenvalue weighted by Gasteiger charge is -2.26. The van der Waals surface area contributed by atoms with Crippen LogP contribution in [-0.2, 0) is 0 Å². The molecule has 8 heteroatoms. The van der Waals surface area contributed by atoms with E-state index in [1.54, 1.807) is 11.5 Å². The number of aromatic amines is 1. The van der Waals surface area contributed by atoms with Gasteiger partial charge in [-0.3, -0.25) is 14.3 Å². The van der Waals surface area contributed by atoms with Crippen molar-refractivity contribution in [3.05, 3.63) is 38.3 Å². The summed E-state index contributed by atoms with van der Waals surface area (Å²) in [5.41, 5.74) is 0.708.